The summed E-state index contributed by atoms with van der Waals surface area (Å²) < 4.78 is 38.3. The third-order valence-corrected chi connectivity index (χ3v) is 3.06. The molecule has 0 aliphatic carbocycles. The van der Waals surface area contributed by atoms with E-state index in [1.54, 1.807) is 19.9 Å². The maximum Gasteiger partial charge on any atom is 0.405 e. The van der Waals surface area contributed by atoms with Crippen LogP contribution in [-0.4, -0.2) is 24.8 Å². The molecule has 0 radical (unpaired) electrons. The van der Waals surface area contributed by atoms with Crippen LogP contribution in [0, 0.1) is 6.92 Å². The molecule has 1 rings (SSSR count). The molecule has 114 valence electrons. The Labute approximate surface area is 118 Å². The van der Waals surface area contributed by atoms with Crippen molar-refractivity contribution < 1.29 is 13.2 Å². The highest BCUT2D eigenvalue weighted by Crippen LogP contribution is 2.28. The summed E-state index contributed by atoms with van der Waals surface area (Å²) in [5.74, 6) is 0. The molecule has 0 aliphatic heterocycles. The van der Waals surface area contributed by atoms with Gasteiger partial charge < -0.3 is 10.6 Å². The van der Waals surface area contributed by atoms with Crippen molar-refractivity contribution in [2.75, 3.05) is 11.4 Å². The van der Waals surface area contributed by atoms with Gasteiger partial charge >= 0.3 is 6.18 Å². The minimum Gasteiger partial charge on any atom is -0.360 e. The Morgan fingerprint density at radius 1 is 1.20 bits per heavy atom. The van der Waals surface area contributed by atoms with Crippen molar-refractivity contribution in [1.82, 2.24) is 0 Å². The number of rotatable bonds is 5. The highest BCUT2D eigenvalue weighted by Gasteiger charge is 2.32. The van der Waals surface area contributed by atoms with Gasteiger partial charge in [-0.3, -0.25) is 0 Å². The summed E-state index contributed by atoms with van der Waals surface area (Å²) in [6.45, 7) is 6.37. The fraction of sp³-hybridized carbons (Fsp3) is 0.600. The quantitative estimate of drug-likeness (QED) is 0.896. The van der Waals surface area contributed by atoms with Crippen LogP contribution in [-0.2, 0) is 6.42 Å². The second-order valence-electron chi connectivity index (χ2n) is 5.65. The first-order chi connectivity index (χ1) is 9.10. The summed E-state index contributed by atoms with van der Waals surface area (Å²) in [6, 6.07) is 5.20. The molecule has 1 aromatic carbocycles. The lowest BCUT2D eigenvalue weighted by Gasteiger charge is -2.32. The average molecular weight is 288 g/mol. The Morgan fingerprint density at radius 2 is 1.80 bits per heavy atom. The number of nitrogens with zero attached hydrogens (tertiary/aromatic N) is 1. The van der Waals surface area contributed by atoms with Crippen LogP contribution < -0.4 is 10.6 Å². The molecule has 0 spiro atoms. The Bertz CT molecular complexity index is 439. The lowest BCUT2D eigenvalue weighted by Crippen LogP contribution is -2.40. The normalized spacial score (nSPS) is 13.7. The van der Waals surface area contributed by atoms with Gasteiger partial charge in [0, 0.05) is 17.8 Å². The van der Waals surface area contributed by atoms with E-state index in [0.717, 1.165) is 11.1 Å². The van der Waals surface area contributed by atoms with E-state index in [1.807, 2.05) is 26.0 Å². The first-order valence-electron chi connectivity index (χ1n) is 6.78. The summed E-state index contributed by atoms with van der Waals surface area (Å²) in [5, 5.41) is 0. The summed E-state index contributed by atoms with van der Waals surface area (Å²) in [6.07, 6.45) is -3.65. The lowest BCUT2D eigenvalue weighted by molar-refractivity contribution is -0.120. The van der Waals surface area contributed by atoms with Crippen molar-refractivity contribution in [3.8, 4) is 0 Å². The fourth-order valence-corrected chi connectivity index (χ4v) is 2.24. The molecule has 1 unspecified atom stereocenters. The largest absolute Gasteiger partial charge is 0.405 e. The zero-order valence-corrected chi connectivity index (χ0v) is 12.5. The molecule has 0 aromatic heterocycles. The van der Waals surface area contributed by atoms with Crippen LogP contribution in [0.1, 0.15) is 31.9 Å². The minimum atomic E-state index is -4.22. The van der Waals surface area contributed by atoms with Gasteiger partial charge in [0.15, 0.2) is 0 Å². The monoisotopic (exact) mass is 288 g/mol. The van der Waals surface area contributed by atoms with Crippen molar-refractivity contribution in [3.05, 3.63) is 29.3 Å². The number of alkyl halides is 3. The van der Waals surface area contributed by atoms with E-state index in [9.17, 15) is 13.2 Å². The van der Waals surface area contributed by atoms with Crippen molar-refractivity contribution in [1.29, 1.82) is 0 Å². The fourth-order valence-electron chi connectivity index (χ4n) is 2.24. The molecule has 2 nitrogen and oxygen atoms in total. The second-order valence-corrected chi connectivity index (χ2v) is 5.65. The first kappa shape index (κ1) is 16.8. The molecule has 0 saturated heterocycles. The average Bonchev–Trinajstić information content (AvgIpc) is 2.24. The third kappa shape index (κ3) is 5.04. The van der Waals surface area contributed by atoms with E-state index >= 15 is 0 Å². The number of benzene rings is 1. The number of aryl methyl sites for hydroxylation is 1. The summed E-state index contributed by atoms with van der Waals surface area (Å²) in [5.41, 5.74) is 8.33. The molecule has 0 aliphatic rings. The summed E-state index contributed by atoms with van der Waals surface area (Å²) in [4.78, 5) is 1.39. The minimum absolute atomic E-state index is 0.0875. The smallest absolute Gasteiger partial charge is 0.360 e. The van der Waals surface area contributed by atoms with E-state index < -0.39 is 12.7 Å². The van der Waals surface area contributed by atoms with Crippen LogP contribution in [0.4, 0.5) is 18.9 Å². The molecule has 20 heavy (non-hydrogen) atoms. The van der Waals surface area contributed by atoms with E-state index in [-0.39, 0.29) is 12.1 Å². The molecule has 0 bridgehead atoms. The molecule has 2 N–H and O–H groups in total. The van der Waals surface area contributed by atoms with Gasteiger partial charge in [-0.2, -0.15) is 13.2 Å². The predicted molar refractivity (Wildman–Crippen MR) is 77.1 cm³/mol. The Balaban J connectivity index is 3.18. The standard InChI is InChI=1S/C15H23F3N2/c1-10(2)20(9-15(16,17)18)14-6-5-11(3)7-13(14)8-12(4)19/h5-7,10,12H,8-9,19H2,1-4H3. The van der Waals surface area contributed by atoms with Crippen molar-refractivity contribution in [2.24, 2.45) is 5.73 Å². The van der Waals surface area contributed by atoms with Crippen LogP contribution in [0.25, 0.3) is 0 Å². The van der Waals surface area contributed by atoms with E-state index in [4.69, 9.17) is 5.73 Å². The molecule has 0 saturated carbocycles. The second kappa shape index (κ2) is 6.48. The zero-order chi connectivity index (χ0) is 15.5. The van der Waals surface area contributed by atoms with Crippen LogP contribution in [0.5, 0.6) is 0 Å². The number of halogens is 3. The summed E-state index contributed by atoms with van der Waals surface area (Å²) >= 11 is 0. The van der Waals surface area contributed by atoms with Crippen LogP contribution in [0.3, 0.4) is 0 Å². The molecule has 1 aromatic rings. The number of hydrogen-bond donors (Lipinski definition) is 1. The first-order valence-corrected chi connectivity index (χ1v) is 6.78. The van der Waals surface area contributed by atoms with Crippen LogP contribution in [0.15, 0.2) is 18.2 Å². The van der Waals surface area contributed by atoms with Gasteiger partial charge in [-0.1, -0.05) is 17.7 Å². The van der Waals surface area contributed by atoms with E-state index in [0.29, 0.717) is 12.1 Å². The molecular formula is C15H23F3N2. The molecule has 0 amide bonds. The van der Waals surface area contributed by atoms with E-state index in [1.165, 1.54) is 4.90 Å². The van der Waals surface area contributed by atoms with Crippen LogP contribution >= 0.6 is 0 Å². The number of hydrogen-bond acceptors (Lipinski definition) is 2. The highest BCUT2D eigenvalue weighted by atomic mass is 19.4. The maximum atomic E-state index is 12.8. The lowest BCUT2D eigenvalue weighted by atomic mass is 10.0. The van der Waals surface area contributed by atoms with Gasteiger partial charge in [0.05, 0.1) is 0 Å². The Hall–Kier alpha value is -1.23. The van der Waals surface area contributed by atoms with Crippen molar-refractivity contribution in [3.63, 3.8) is 0 Å². The van der Waals surface area contributed by atoms with Gasteiger partial charge in [0.2, 0.25) is 0 Å². The van der Waals surface area contributed by atoms with Gasteiger partial charge in [0.25, 0.3) is 0 Å². The summed E-state index contributed by atoms with van der Waals surface area (Å²) in [7, 11) is 0. The van der Waals surface area contributed by atoms with Gasteiger partial charge in [-0.15, -0.1) is 0 Å². The highest BCUT2D eigenvalue weighted by molar-refractivity contribution is 5.56. The van der Waals surface area contributed by atoms with Gasteiger partial charge in [-0.05, 0) is 45.7 Å². The molecule has 5 heteroatoms. The van der Waals surface area contributed by atoms with Crippen LogP contribution in [0.2, 0.25) is 0 Å². The van der Waals surface area contributed by atoms with Crippen molar-refractivity contribution in [2.45, 2.75) is 52.4 Å². The number of anilines is 1. The topological polar surface area (TPSA) is 29.3 Å². The van der Waals surface area contributed by atoms with E-state index in [2.05, 4.69) is 0 Å². The number of nitrogens with two attached hydrogens (primary N) is 1. The van der Waals surface area contributed by atoms with Crippen molar-refractivity contribution >= 4 is 5.69 Å². The zero-order valence-electron chi connectivity index (χ0n) is 12.5. The SMILES string of the molecule is Cc1ccc(N(CC(F)(F)F)C(C)C)c(CC(C)N)c1. The van der Waals surface area contributed by atoms with Gasteiger partial charge in [-0.25, -0.2) is 0 Å². The predicted octanol–water partition coefficient (Wildman–Crippen LogP) is 3.66. The third-order valence-electron chi connectivity index (χ3n) is 3.06. The molecule has 0 heterocycles. The maximum absolute atomic E-state index is 12.8. The van der Waals surface area contributed by atoms with Gasteiger partial charge in [0.1, 0.15) is 6.54 Å². The molecule has 0 fully saturated rings. The Kier molecular flexibility index (Phi) is 5.45. The Morgan fingerprint density at radius 3 is 2.25 bits per heavy atom. The molecule has 1 atom stereocenters. The molecular weight excluding hydrogens is 265 g/mol.